The fourth-order valence-electron chi connectivity index (χ4n) is 3.22. The van der Waals surface area contributed by atoms with Crippen molar-refractivity contribution in [2.75, 3.05) is 0 Å². The highest BCUT2D eigenvalue weighted by atomic mass is 16.4. The van der Waals surface area contributed by atoms with Gasteiger partial charge in [0, 0.05) is 11.1 Å². The van der Waals surface area contributed by atoms with Crippen molar-refractivity contribution in [3.8, 4) is 11.5 Å². The molecule has 1 aromatic heterocycles. The Morgan fingerprint density at radius 3 is 2.53 bits per heavy atom. The molecule has 9 nitrogen and oxygen atoms in total. The molecule has 2 aromatic carbocycles. The molecule has 0 radical (unpaired) electrons. The van der Waals surface area contributed by atoms with E-state index in [1.807, 2.05) is 30.3 Å². The molecule has 0 unspecified atom stereocenters. The number of hydrazine groups is 1. The first-order valence-corrected chi connectivity index (χ1v) is 9.34. The number of amides is 4. The van der Waals surface area contributed by atoms with Crippen molar-refractivity contribution in [3.63, 3.8) is 0 Å². The van der Waals surface area contributed by atoms with Gasteiger partial charge in [-0.1, -0.05) is 30.3 Å². The zero-order valence-electron chi connectivity index (χ0n) is 16.2. The molecule has 0 aliphatic carbocycles. The minimum absolute atomic E-state index is 0.275. The lowest BCUT2D eigenvalue weighted by Crippen LogP contribution is -2.48. The topological polar surface area (TPSA) is 117 Å². The van der Waals surface area contributed by atoms with E-state index >= 15 is 0 Å². The number of rotatable bonds is 6. The molecule has 4 amide bonds. The van der Waals surface area contributed by atoms with Gasteiger partial charge in [0.05, 0.1) is 0 Å². The highest BCUT2D eigenvalue weighted by molar-refractivity contribution is 6.09. The lowest BCUT2D eigenvalue weighted by Gasteiger charge is -2.21. The minimum Gasteiger partial charge on any atom is -0.423 e. The van der Waals surface area contributed by atoms with Crippen molar-refractivity contribution in [1.82, 2.24) is 25.9 Å². The number of carbonyl (C=O) groups excluding carboxylic acids is 3. The van der Waals surface area contributed by atoms with Crippen LogP contribution in [0.1, 0.15) is 29.3 Å². The molecule has 0 saturated carbocycles. The number of hydrogen-bond donors (Lipinski definition) is 2. The van der Waals surface area contributed by atoms with Gasteiger partial charge in [0.25, 0.3) is 11.8 Å². The van der Waals surface area contributed by atoms with Gasteiger partial charge in [-0.25, -0.2) is 4.79 Å². The summed E-state index contributed by atoms with van der Waals surface area (Å²) in [7, 11) is 0. The van der Waals surface area contributed by atoms with E-state index in [1.54, 1.807) is 31.2 Å². The molecule has 1 aliphatic rings. The van der Waals surface area contributed by atoms with Crippen LogP contribution in [0.5, 0.6) is 0 Å². The fraction of sp³-hybridized carbons (Fsp3) is 0.190. The van der Waals surface area contributed by atoms with Crippen molar-refractivity contribution in [1.29, 1.82) is 0 Å². The summed E-state index contributed by atoms with van der Waals surface area (Å²) in [5.41, 5.74) is 3.27. The Balaban J connectivity index is 1.42. The van der Waals surface area contributed by atoms with Gasteiger partial charge < -0.3 is 9.73 Å². The zero-order chi connectivity index (χ0) is 21.1. The normalized spacial score (nSPS) is 18.4. The number of aryl methyl sites for hydroxylation is 1. The summed E-state index contributed by atoms with van der Waals surface area (Å²) in [6.45, 7) is 1.65. The third kappa shape index (κ3) is 3.77. The van der Waals surface area contributed by atoms with E-state index in [2.05, 4.69) is 20.9 Å². The fourth-order valence-corrected chi connectivity index (χ4v) is 3.22. The van der Waals surface area contributed by atoms with Crippen molar-refractivity contribution >= 4 is 17.8 Å². The molecule has 1 aliphatic heterocycles. The predicted molar refractivity (Wildman–Crippen MR) is 106 cm³/mol. The van der Waals surface area contributed by atoms with Gasteiger partial charge in [-0.05, 0) is 49.6 Å². The summed E-state index contributed by atoms with van der Waals surface area (Å²) < 4.78 is 5.10. The Labute approximate surface area is 172 Å². The molecule has 0 bridgehead atoms. The van der Waals surface area contributed by atoms with Gasteiger partial charge in [-0.15, -0.1) is 10.2 Å². The second-order valence-corrected chi connectivity index (χ2v) is 7.15. The standard InChI is InChI=1S/C21H19N5O4/c1-21(12-11-14-5-3-2-4-6-14)19(28)26(20(29)23-21)25-17(27)15-7-9-16(10-8-15)18-24-22-13-30-18/h2-10,13H,11-12H2,1H3,(H,23,29)(H,25,27)/t21-/m0/s1. The molecule has 30 heavy (non-hydrogen) atoms. The Kier molecular flexibility index (Phi) is 5.01. The second kappa shape index (κ2) is 7.78. The molecular formula is C21H19N5O4. The first-order valence-electron chi connectivity index (χ1n) is 9.34. The number of aromatic nitrogens is 2. The summed E-state index contributed by atoms with van der Waals surface area (Å²) in [6, 6.07) is 15.4. The number of urea groups is 1. The number of imide groups is 1. The van der Waals surface area contributed by atoms with Crippen LogP contribution in [0, 0.1) is 0 Å². The third-order valence-corrected chi connectivity index (χ3v) is 4.98. The van der Waals surface area contributed by atoms with Crippen LogP contribution in [-0.2, 0) is 11.2 Å². The molecular weight excluding hydrogens is 386 g/mol. The molecule has 4 rings (SSSR count). The van der Waals surface area contributed by atoms with Crippen LogP contribution in [0.15, 0.2) is 65.4 Å². The highest BCUT2D eigenvalue weighted by Gasteiger charge is 2.48. The summed E-state index contributed by atoms with van der Waals surface area (Å²) in [6.07, 6.45) is 2.23. The van der Waals surface area contributed by atoms with Crippen LogP contribution in [0.2, 0.25) is 0 Å². The monoisotopic (exact) mass is 405 g/mol. The van der Waals surface area contributed by atoms with Gasteiger partial charge in [0.1, 0.15) is 5.54 Å². The van der Waals surface area contributed by atoms with Crippen molar-refractivity contribution in [3.05, 3.63) is 72.1 Å². The van der Waals surface area contributed by atoms with Gasteiger partial charge in [0.15, 0.2) is 0 Å². The van der Waals surface area contributed by atoms with Crippen molar-refractivity contribution in [2.45, 2.75) is 25.3 Å². The van der Waals surface area contributed by atoms with E-state index in [0.717, 1.165) is 10.6 Å². The van der Waals surface area contributed by atoms with Crippen molar-refractivity contribution < 1.29 is 18.8 Å². The maximum atomic E-state index is 12.8. The van der Waals surface area contributed by atoms with Crippen LogP contribution in [-0.4, -0.2) is 38.6 Å². The Hall–Kier alpha value is -4.01. The average molecular weight is 405 g/mol. The summed E-state index contributed by atoms with van der Waals surface area (Å²) in [5.74, 6) is -0.757. The molecule has 1 atom stereocenters. The van der Waals surface area contributed by atoms with Crippen LogP contribution in [0.25, 0.3) is 11.5 Å². The predicted octanol–water partition coefficient (Wildman–Crippen LogP) is 2.32. The molecule has 2 heterocycles. The Morgan fingerprint density at radius 2 is 1.87 bits per heavy atom. The van der Waals surface area contributed by atoms with E-state index in [0.29, 0.717) is 24.3 Å². The lowest BCUT2D eigenvalue weighted by atomic mass is 9.93. The average Bonchev–Trinajstić information content (AvgIpc) is 3.37. The maximum Gasteiger partial charge on any atom is 0.344 e. The SMILES string of the molecule is C[C@@]1(CCc2ccccc2)NC(=O)N(NC(=O)c2ccc(-c3nnco3)cc2)C1=O. The summed E-state index contributed by atoms with van der Waals surface area (Å²) in [5, 5.41) is 10.8. The third-order valence-electron chi connectivity index (χ3n) is 4.98. The largest absolute Gasteiger partial charge is 0.423 e. The molecule has 152 valence electrons. The van der Waals surface area contributed by atoms with Crippen molar-refractivity contribution in [2.24, 2.45) is 0 Å². The second-order valence-electron chi connectivity index (χ2n) is 7.15. The quantitative estimate of drug-likeness (QED) is 0.608. The van der Waals surface area contributed by atoms with Gasteiger partial charge in [-0.3, -0.25) is 15.0 Å². The summed E-state index contributed by atoms with van der Waals surface area (Å²) >= 11 is 0. The van der Waals surface area contributed by atoms with Crippen LogP contribution >= 0.6 is 0 Å². The summed E-state index contributed by atoms with van der Waals surface area (Å²) in [4.78, 5) is 37.7. The number of nitrogens with zero attached hydrogens (tertiary/aromatic N) is 3. The van der Waals surface area contributed by atoms with Crippen LogP contribution in [0.3, 0.4) is 0 Å². The number of carbonyl (C=O) groups is 3. The van der Waals surface area contributed by atoms with Crippen LogP contribution < -0.4 is 10.7 Å². The van der Waals surface area contributed by atoms with E-state index in [4.69, 9.17) is 4.42 Å². The van der Waals surface area contributed by atoms with E-state index < -0.39 is 23.4 Å². The minimum atomic E-state index is -1.10. The molecule has 9 heteroatoms. The Bertz CT molecular complexity index is 1070. The van der Waals surface area contributed by atoms with E-state index in [9.17, 15) is 14.4 Å². The Morgan fingerprint density at radius 1 is 1.13 bits per heavy atom. The molecule has 0 spiro atoms. The van der Waals surface area contributed by atoms with E-state index in [-0.39, 0.29) is 5.56 Å². The van der Waals surface area contributed by atoms with Gasteiger partial charge >= 0.3 is 6.03 Å². The molecule has 1 saturated heterocycles. The first-order chi connectivity index (χ1) is 14.5. The number of benzene rings is 2. The van der Waals surface area contributed by atoms with Gasteiger partial charge in [-0.2, -0.15) is 5.01 Å². The van der Waals surface area contributed by atoms with E-state index in [1.165, 1.54) is 6.39 Å². The number of nitrogens with one attached hydrogen (secondary N) is 2. The zero-order valence-corrected chi connectivity index (χ0v) is 16.2. The molecule has 1 fully saturated rings. The lowest BCUT2D eigenvalue weighted by molar-refractivity contribution is -0.132. The smallest absolute Gasteiger partial charge is 0.344 e. The molecule has 3 aromatic rings. The maximum absolute atomic E-state index is 12.8. The van der Waals surface area contributed by atoms with Crippen LogP contribution in [0.4, 0.5) is 4.79 Å². The first kappa shape index (κ1) is 19.3. The van der Waals surface area contributed by atoms with Gasteiger partial charge in [0.2, 0.25) is 12.3 Å². The molecule has 2 N–H and O–H groups in total. The number of hydrogen-bond acceptors (Lipinski definition) is 6. The highest BCUT2D eigenvalue weighted by Crippen LogP contribution is 2.23.